The molecule has 0 saturated heterocycles. The van der Waals surface area contributed by atoms with Gasteiger partial charge in [-0.05, 0) is 18.3 Å². The van der Waals surface area contributed by atoms with Crippen molar-refractivity contribution in [1.82, 2.24) is 20.5 Å². The van der Waals surface area contributed by atoms with Crippen LogP contribution in [-0.4, -0.2) is 39.3 Å². The topological polar surface area (TPSA) is 90.9 Å². The molecule has 1 aromatic heterocycles. The summed E-state index contributed by atoms with van der Waals surface area (Å²) in [4.78, 5) is 15.3. The molecule has 3 N–H and O–H groups in total. The van der Waals surface area contributed by atoms with E-state index in [1.807, 2.05) is 13.8 Å². The number of carbonyl (C=O) groups is 1. The molecule has 90 valence electrons. The van der Waals surface area contributed by atoms with Gasteiger partial charge in [0.1, 0.15) is 6.33 Å². The molecule has 0 unspecified atom stereocenters. The smallest absolute Gasteiger partial charge is 0.288 e. The second-order valence-corrected chi connectivity index (χ2v) is 4.51. The minimum Gasteiger partial charge on any atom is -0.396 e. The lowest BCUT2D eigenvalue weighted by Crippen LogP contribution is -2.34. The zero-order chi connectivity index (χ0) is 12.0. The van der Waals surface area contributed by atoms with Gasteiger partial charge in [-0.3, -0.25) is 9.89 Å². The highest BCUT2D eigenvalue weighted by Crippen LogP contribution is 2.20. The lowest BCUT2D eigenvalue weighted by atomic mass is 9.88. The van der Waals surface area contributed by atoms with Gasteiger partial charge in [-0.25, -0.2) is 4.98 Å². The summed E-state index contributed by atoms with van der Waals surface area (Å²) in [6.07, 6.45) is 2.90. The summed E-state index contributed by atoms with van der Waals surface area (Å²) in [6.45, 7) is 4.82. The van der Waals surface area contributed by atoms with Crippen LogP contribution in [0.25, 0.3) is 0 Å². The lowest BCUT2D eigenvalue weighted by Gasteiger charge is -2.24. The van der Waals surface area contributed by atoms with Crippen molar-refractivity contribution in [2.24, 2.45) is 5.41 Å². The van der Waals surface area contributed by atoms with Crippen molar-refractivity contribution in [2.45, 2.75) is 26.7 Å². The molecule has 0 saturated carbocycles. The van der Waals surface area contributed by atoms with E-state index in [1.165, 1.54) is 6.33 Å². The largest absolute Gasteiger partial charge is 0.396 e. The van der Waals surface area contributed by atoms with Crippen LogP contribution in [0, 0.1) is 5.41 Å². The van der Waals surface area contributed by atoms with Crippen LogP contribution in [0.4, 0.5) is 0 Å². The standard InChI is InChI=1S/C10H18N4O2/c1-10(2,4-3-5-15)6-11-9(16)8-12-7-13-14-8/h7,15H,3-6H2,1-2H3,(H,11,16)(H,12,13,14). The summed E-state index contributed by atoms with van der Waals surface area (Å²) in [5.41, 5.74) is -0.0294. The Hall–Kier alpha value is -1.43. The number of nitrogens with one attached hydrogen (secondary N) is 2. The van der Waals surface area contributed by atoms with Crippen molar-refractivity contribution in [3.05, 3.63) is 12.2 Å². The van der Waals surface area contributed by atoms with E-state index in [0.717, 1.165) is 12.8 Å². The highest BCUT2D eigenvalue weighted by atomic mass is 16.2. The number of aliphatic hydroxyl groups is 1. The summed E-state index contributed by atoms with van der Waals surface area (Å²) < 4.78 is 0. The Bertz CT molecular complexity index is 322. The van der Waals surface area contributed by atoms with Crippen molar-refractivity contribution in [3.8, 4) is 0 Å². The molecule has 0 aliphatic heterocycles. The zero-order valence-electron chi connectivity index (χ0n) is 9.66. The first kappa shape index (κ1) is 12.6. The quantitative estimate of drug-likeness (QED) is 0.652. The molecular weight excluding hydrogens is 208 g/mol. The molecule has 1 aromatic rings. The van der Waals surface area contributed by atoms with Gasteiger partial charge in [0.2, 0.25) is 5.82 Å². The Balaban J connectivity index is 2.36. The van der Waals surface area contributed by atoms with Crippen molar-refractivity contribution in [1.29, 1.82) is 0 Å². The summed E-state index contributed by atoms with van der Waals surface area (Å²) in [5.74, 6) is -0.0347. The fraction of sp³-hybridized carbons (Fsp3) is 0.700. The number of hydrogen-bond acceptors (Lipinski definition) is 4. The Morgan fingerprint density at radius 1 is 1.62 bits per heavy atom. The Kier molecular flexibility index (Phi) is 4.42. The van der Waals surface area contributed by atoms with E-state index < -0.39 is 0 Å². The van der Waals surface area contributed by atoms with Gasteiger partial charge in [0, 0.05) is 13.2 Å². The Labute approximate surface area is 94.5 Å². The minimum absolute atomic E-state index is 0.0294. The first-order chi connectivity index (χ1) is 7.55. The van der Waals surface area contributed by atoms with Gasteiger partial charge in [-0.1, -0.05) is 13.8 Å². The predicted molar refractivity (Wildman–Crippen MR) is 58.8 cm³/mol. The molecule has 0 radical (unpaired) electrons. The number of rotatable bonds is 6. The zero-order valence-corrected chi connectivity index (χ0v) is 9.66. The average Bonchev–Trinajstić information content (AvgIpc) is 2.77. The van der Waals surface area contributed by atoms with Gasteiger partial charge in [-0.2, -0.15) is 5.10 Å². The minimum atomic E-state index is -0.255. The number of nitrogens with zero attached hydrogens (tertiary/aromatic N) is 2. The van der Waals surface area contributed by atoms with Crippen molar-refractivity contribution < 1.29 is 9.90 Å². The third-order valence-corrected chi connectivity index (χ3v) is 2.37. The highest BCUT2D eigenvalue weighted by molar-refractivity contribution is 5.90. The number of H-pyrrole nitrogens is 1. The maximum absolute atomic E-state index is 11.5. The van der Waals surface area contributed by atoms with E-state index in [2.05, 4.69) is 20.5 Å². The Morgan fingerprint density at radius 3 is 2.94 bits per heavy atom. The average molecular weight is 226 g/mol. The summed E-state index contributed by atoms with van der Waals surface area (Å²) >= 11 is 0. The molecule has 1 amide bonds. The molecule has 0 spiro atoms. The number of aliphatic hydroxyl groups excluding tert-OH is 1. The summed E-state index contributed by atoms with van der Waals surface area (Å²) in [7, 11) is 0. The van der Waals surface area contributed by atoms with Gasteiger partial charge in [0.25, 0.3) is 5.91 Å². The fourth-order valence-electron chi connectivity index (χ4n) is 1.36. The number of aromatic nitrogens is 3. The van der Waals surface area contributed by atoms with Gasteiger partial charge in [-0.15, -0.1) is 0 Å². The number of amides is 1. The number of aromatic amines is 1. The normalized spacial score (nSPS) is 11.4. The fourth-order valence-corrected chi connectivity index (χ4v) is 1.36. The summed E-state index contributed by atoms with van der Waals surface area (Å²) in [5, 5.41) is 17.6. The van der Waals surface area contributed by atoms with Crippen LogP contribution in [0.1, 0.15) is 37.3 Å². The van der Waals surface area contributed by atoms with E-state index in [9.17, 15) is 4.79 Å². The molecule has 16 heavy (non-hydrogen) atoms. The van der Waals surface area contributed by atoms with Crippen LogP contribution in [0.5, 0.6) is 0 Å². The van der Waals surface area contributed by atoms with Crippen LogP contribution in [-0.2, 0) is 0 Å². The molecule has 0 fully saturated rings. The molecule has 0 aliphatic rings. The second kappa shape index (κ2) is 5.60. The summed E-state index contributed by atoms with van der Waals surface area (Å²) in [6, 6.07) is 0. The monoisotopic (exact) mass is 226 g/mol. The molecule has 6 heteroatoms. The molecule has 1 rings (SSSR count). The van der Waals surface area contributed by atoms with Gasteiger partial charge < -0.3 is 10.4 Å². The maximum atomic E-state index is 11.5. The van der Waals surface area contributed by atoms with Crippen LogP contribution >= 0.6 is 0 Å². The molecule has 6 nitrogen and oxygen atoms in total. The van der Waals surface area contributed by atoms with Gasteiger partial charge in [0.05, 0.1) is 0 Å². The molecule has 0 atom stereocenters. The molecule has 0 bridgehead atoms. The SMILES string of the molecule is CC(C)(CCCO)CNC(=O)c1ncn[nH]1. The van der Waals surface area contributed by atoms with Crippen LogP contribution < -0.4 is 5.32 Å². The van der Waals surface area contributed by atoms with E-state index in [0.29, 0.717) is 6.54 Å². The van der Waals surface area contributed by atoms with Crippen molar-refractivity contribution in [2.75, 3.05) is 13.2 Å². The van der Waals surface area contributed by atoms with E-state index in [-0.39, 0.29) is 23.8 Å². The number of carbonyl (C=O) groups excluding carboxylic acids is 1. The second-order valence-electron chi connectivity index (χ2n) is 4.51. The third kappa shape index (κ3) is 3.98. The lowest BCUT2D eigenvalue weighted by molar-refractivity contribution is 0.0923. The molecular formula is C10H18N4O2. The van der Waals surface area contributed by atoms with Crippen LogP contribution in [0.2, 0.25) is 0 Å². The third-order valence-electron chi connectivity index (χ3n) is 2.37. The van der Waals surface area contributed by atoms with Gasteiger partial charge >= 0.3 is 0 Å². The number of hydrogen-bond donors (Lipinski definition) is 3. The van der Waals surface area contributed by atoms with E-state index in [4.69, 9.17) is 5.11 Å². The Morgan fingerprint density at radius 2 is 2.38 bits per heavy atom. The van der Waals surface area contributed by atoms with Crippen LogP contribution in [0.3, 0.4) is 0 Å². The van der Waals surface area contributed by atoms with Gasteiger partial charge in [0.15, 0.2) is 0 Å². The van der Waals surface area contributed by atoms with Crippen molar-refractivity contribution in [3.63, 3.8) is 0 Å². The van der Waals surface area contributed by atoms with Crippen LogP contribution in [0.15, 0.2) is 6.33 Å². The van der Waals surface area contributed by atoms with Crippen molar-refractivity contribution >= 4 is 5.91 Å². The van der Waals surface area contributed by atoms with E-state index in [1.54, 1.807) is 0 Å². The molecule has 0 aliphatic carbocycles. The highest BCUT2D eigenvalue weighted by Gasteiger charge is 2.19. The molecule has 1 heterocycles. The predicted octanol–water partition coefficient (Wildman–Crippen LogP) is 0.333. The first-order valence-corrected chi connectivity index (χ1v) is 5.29. The maximum Gasteiger partial charge on any atom is 0.288 e. The first-order valence-electron chi connectivity index (χ1n) is 5.29. The van der Waals surface area contributed by atoms with E-state index >= 15 is 0 Å². The molecule has 0 aromatic carbocycles.